The van der Waals surface area contributed by atoms with Gasteiger partial charge in [-0.2, -0.15) is 0 Å². The summed E-state index contributed by atoms with van der Waals surface area (Å²) in [4.78, 5) is 15.1. The first kappa shape index (κ1) is 16.2. The third-order valence-electron chi connectivity index (χ3n) is 4.07. The van der Waals surface area contributed by atoms with E-state index in [1.54, 1.807) is 25.0 Å². The standard InChI is InChI=1S/C20H19N5O/c1-3-17(11-21-7-1)13-24(15-19-4-2-10-26-19)14-18-5-6-20(23-12-18)25-9-8-22-16-25/h1-12,16H,13-15H2. The van der Waals surface area contributed by atoms with E-state index in [-0.39, 0.29) is 0 Å². The summed E-state index contributed by atoms with van der Waals surface area (Å²) in [5, 5.41) is 0. The lowest BCUT2D eigenvalue weighted by molar-refractivity contribution is 0.226. The number of rotatable bonds is 7. The molecule has 4 rings (SSSR count). The van der Waals surface area contributed by atoms with Crippen LogP contribution < -0.4 is 0 Å². The second-order valence-corrected chi connectivity index (χ2v) is 6.08. The van der Waals surface area contributed by atoms with Crippen molar-refractivity contribution < 1.29 is 4.42 Å². The molecule has 0 unspecified atom stereocenters. The van der Waals surface area contributed by atoms with Gasteiger partial charge in [-0.05, 0) is 35.4 Å². The fraction of sp³-hybridized carbons (Fsp3) is 0.150. The van der Waals surface area contributed by atoms with Gasteiger partial charge in [-0.3, -0.25) is 14.5 Å². The van der Waals surface area contributed by atoms with Crippen molar-refractivity contribution in [3.63, 3.8) is 0 Å². The van der Waals surface area contributed by atoms with Crippen LogP contribution in [0, 0.1) is 0 Å². The quantitative estimate of drug-likeness (QED) is 0.513. The van der Waals surface area contributed by atoms with Gasteiger partial charge in [-0.1, -0.05) is 12.1 Å². The molecule has 0 spiro atoms. The SMILES string of the molecule is c1cncc(CN(Cc2ccc(-n3ccnc3)nc2)Cc2ccco2)c1. The summed E-state index contributed by atoms with van der Waals surface area (Å²) < 4.78 is 7.41. The number of pyridine rings is 2. The summed E-state index contributed by atoms with van der Waals surface area (Å²) in [7, 11) is 0. The minimum Gasteiger partial charge on any atom is -0.468 e. The van der Waals surface area contributed by atoms with Crippen molar-refractivity contribution in [2.24, 2.45) is 0 Å². The molecule has 0 fully saturated rings. The predicted molar refractivity (Wildman–Crippen MR) is 97.3 cm³/mol. The van der Waals surface area contributed by atoms with Gasteiger partial charge in [-0.15, -0.1) is 0 Å². The number of imidazole rings is 1. The monoisotopic (exact) mass is 345 g/mol. The molecule has 26 heavy (non-hydrogen) atoms. The van der Waals surface area contributed by atoms with E-state index in [9.17, 15) is 0 Å². The Labute approximate surface area is 151 Å². The highest BCUT2D eigenvalue weighted by atomic mass is 16.3. The Morgan fingerprint density at radius 1 is 0.885 bits per heavy atom. The number of nitrogens with zero attached hydrogens (tertiary/aromatic N) is 5. The molecular weight excluding hydrogens is 326 g/mol. The van der Waals surface area contributed by atoms with E-state index in [4.69, 9.17) is 4.42 Å². The van der Waals surface area contributed by atoms with Gasteiger partial charge in [0.15, 0.2) is 0 Å². The Morgan fingerprint density at radius 2 is 1.81 bits per heavy atom. The van der Waals surface area contributed by atoms with E-state index in [1.165, 1.54) is 5.56 Å². The molecule has 0 saturated carbocycles. The van der Waals surface area contributed by atoms with Crippen molar-refractivity contribution in [2.75, 3.05) is 0 Å². The Morgan fingerprint density at radius 3 is 2.46 bits per heavy atom. The molecule has 0 N–H and O–H groups in total. The number of furan rings is 1. The summed E-state index contributed by atoms with van der Waals surface area (Å²) in [6.07, 6.45) is 12.7. The van der Waals surface area contributed by atoms with Gasteiger partial charge in [-0.25, -0.2) is 9.97 Å². The Kier molecular flexibility index (Phi) is 4.84. The van der Waals surface area contributed by atoms with Crippen LogP contribution >= 0.6 is 0 Å². The van der Waals surface area contributed by atoms with Gasteiger partial charge in [0, 0.05) is 44.1 Å². The zero-order valence-corrected chi connectivity index (χ0v) is 14.3. The first-order chi connectivity index (χ1) is 12.9. The van der Waals surface area contributed by atoms with Gasteiger partial charge in [0.25, 0.3) is 0 Å². The summed E-state index contributed by atoms with van der Waals surface area (Å²) in [5.74, 6) is 1.80. The summed E-state index contributed by atoms with van der Waals surface area (Å²) in [6, 6.07) is 12.1. The van der Waals surface area contributed by atoms with Crippen LogP contribution in [0.5, 0.6) is 0 Å². The predicted octanol–water partition coefficient (Wildman–Crippen LogP) is 3.46. The summed E-state index contributed by atoms with van der Waals surface area (Å²) >= 11 is 0. The highest BCUT2D eigenvalue weighted by molar-refractivity contribution is 5.25. The van der Waals surface area contributed by atoms with Crippen LogP contribution in [0.2, 0.25) is 0 Å². The number of aromatic nitrogens is 4. The maximum atomic E-state index is 5.52. The first-order valence-electron chi connectivity index (χ1n) is 8.44. The maximum absolute atomic E-state index is 5.52. The lowest BCUT2D eigenvalue weighted by Gasteiger charge is -2.21. The third-order valence-corrected chi connectivity index (χ3v) is 4.07. The third kappa shape index (κ3) is 4.04. The lowest BCUT2D eigenvalue weighted by Crippen LogP contribution is -2.22. The van der Waals surface area contributed by atoms with Crippen LogP contribution in [0.15, 0.2) is 84.4 Å². The van der Waals surface area contributed by atoms with E-state index in [1.807, 2.05) is 47.4 Å². The van der Waals surface area contributed by atoms with Crippen LogP contribution in [0.25, 0.3) is 5.82 Å². The van der Waals surface area contributed by atoms with Gasteiger partial charge >= 0.3 is 0 Å². The second kappa shape index (κ2) is 7.76. The molecule has 6 heteroatoms. The van der Waals surface area contributed by atoms with E-state index >= 15 is 0 Å². The molecule has 6 nitrogen and oxygen atoms in total. The van der Waals surface area contributed by atoms with Crippen molar-refractivity contribution in [2.45, 2.75) is 19.6 Å². The molecule has 0 bridgehead atoms. The number of hydrogen-bond donors (Lipinski definition) is 0. The Balaban J connectivity index is 1.50. The van der Waals surface area contributed by atoms with Gasteiger partial charge in [0.1, 0.15) is 17.9 Å². The lowest BCUT2D eigenvalue weighted by atomic mass is 10.2. The van der Waals surface area contributed by atoms with Crippen LogP contribution in [0.4, 0.5) is 0 Å². The van der Waals surface area contributed by atoms with E-state index < -0.39 is 0 Å². The molecule has 4 aromatic rings. The van der Waals surface area contributed by atoms with Gasteiger partial charge < -0.3 is 4.42 Å². The normalized spacial score (nSPS) is 11.1. The second-order valence-electron chi connectivity index (χ2n) is 6.08. The fourth-order valence-electron chi connectivity index (χ4n) is 2.86. The molecule has 130 valence electrons. The van der Waals surface area contributed by atoms with Gasteiger partial charge in [0.05, 0.1) is 12.8 Å². The van der Waals surface area contributed by atoms with Crippen molar-refractivity contribution in [3.05, 3.63) is 96.9 Å². The van der Waals surface area contributed by atoms with E-state index in [0.29, 0.717) is 0 Å². The fourth-order valence-corrected chi connectivity index (χ4v) is 2.86. The summed E-state index contributed by atoms with van der Waals surface area (Å²) in [5.41, 5.74) is 2.31. The average molecular weight is 345 g/mol. The smallest absolute Gasteiger partial charge is 0.137 e. The van der Waals surface area contributed by atoms with Crippen LogP contribution in [-0.4, -0.2) is 24.4 Å². The zero-order valence-electron chi connectivity index (χ0n) is 14.3. The van der Waals surface area contributed by atoms with Crippen molar-refractivity contribution in [1.82, 2.24) is 24.4 Å². The highest BCUT2D eigenvalue weighted by Gasteiger charge is 2.11. The van der Waals surface area contributed by atoms with E-state index in [2.05, 4.69) is 32.0 Å². The molecule has 4 aromatic heterocycles. The Bertz CT molecular complexity index is 903. The van der Waals surface area contributed by atoms with Crippen molar-refractivity contribution in [3.8, 4) is 5.82 Å². The molecule has 0 aromatic carbocycles. The van der Waals surface area contributed by atoms with Crippen LogP contribution in [-0.2, 0) is 19.6 Å². The topological polar surface area (TPSA) is 60.0 Å². The molecule has 0 aliphatic heterocycles. The first-order valence-corrected chi connectivity index (χ1v) is 8.44. The zero-order chi connectivity index (χ0) is 17.6. The Hall–Kier alpha value is -3.25. The largest absolute Gasteiger partial charge is 0.468 e. The molecule has 0 saturated heterocycles. The molecule has 0 amide bonds. The van der Waals surface area contributed by atoms with Crippen LogP contribution in [0.1, 0.15) is 16.9 Å². The summed E-state index contributed by atoms with van der Waals surface area (Å²) in [6.45, 7) is 2.29. The maximum Gasteiger partial charge on any atom is 0.137 e. The van der Waals surface area contributed by atoms with Gasteiger partial charge in [0.2, 0.25) is 0 Å². The van der Waals surface area contributed by atoms with Crippen molar-refractivity contribution >= 4 is 0 Å². The average Bonchev–Trinajstić information content (AvgIpc) is 3.37. The minimum absolute atomic E-state index is 0.727. The molecule has 4 heterocycles. The minimum atomic E-state index is 0.727. The highest BCUT2D eigenvalue weighted by Crippen LogP contribution is 2.14. The number of hydrogen-bond acceptors (Lipinski definition) is 5. The molecule has 0 atom stereocenters. The van der Waals surface area contributed by atoms with E-state index in [0.717, 1.165) is 36.8 Å². The molecule has 0 aliphatic carbocycles. The molecule has 0 aliphatic rings. The van der Waals surface area contributed by atoms with Crippen LogP contribution in [0.3, 0.4) is 0 Å². The molecule has 0 radical (unpaired) electrons. The molecular formula is C20H19N5O. The van der Waals surface area contributed by atoms with Crippen molar-refractivity contribution in [1.29, 1.82) is 0 Å².